The summed E-state index contributed by atoms with van der Waals surface area (Å²) in [5.74, 6) is 0.394. The monoisotopic (exact) mass is 381 g/mol. The summed E-state index contributed by atoms with van der Waals surface area (Å²) in [6.45, 7) is 0. The molecule has 0 aromatic heterocycles. The van der Waals surface area contributed by atoms with Crippen molar-refractivity contribution in [3.8, 4) is 5.75 Å². The lowest BCUT2D eigenvalue weighted by Crippen LogP contribution is -2.38. The van der Waals surface area contributed by atoms with E-state index in [-0.39, 0.29) is 29.9 Å². The Labute approximate surface area is 163 Å². The molecule has 5 heteroatoms. The fraction of sp³-hybridized carbons (Fsp3) is 0.273. The number of methoxy groups -OCH3 is 1. The number of benzene rings is 2. The molecule has 0 bridgehead atoms. The number of ketones is 1. The molecule has 1 aliphatic heterocycles. The van der Waals surface area contributed by atoms with E-state index >= 15 is 0 Å². The van der Waals surface area contributed by atoms with E-state index in [0.717, 1.165) is 16.8 Å². The van der Waals surface area contributed by atoms with E-state index in [1.807, 2.05) is 48.5 Å². The first-order valence-electron chi connectivity index (χ1n) is 9.02. The Morgan fingerprint density at radius 2 is 1.67 bits per heavy atom. The van der Waals surface area contributed by atoms with Crippen LogP contribution in [0.3, 0.4) is 0 Å². The van der Waals surface area contributed by atoms with Crippen LogP contribution in [-0.2, 0) is 9.59 Å². The Hall–Kier alpha value is -2.59. The van der Waals surface area contributed by atoms with E-state index in [2.05, 4.69) is 5.32 Å². The molecular weight excluding hydrogens is 362 g/mol. The van der Waals surface area contributed by atoms with Gasteiger partial charge in [-0.2, -0.15) is 0 Å². The first-order chi connectivity index (χ1) is 13.1. The van der Waals surface area contributed by atoms with Gasteiger partial charge in [-0.05, 0) is 30.0 Å². The number of carbonyl (C=O) groups is 2. The van der Waals surface area contributed by atoms with E-state index in [1.54, 1.807) is 7.11 Å². The molecule has 0 saturated carbocycles. The van der Waals surface area contributed by atoms with Crippen molar-refractivity contribution in [1.82, 2.24) is 5.32 Å². The van der Waals surface area contributed by atoms with Crippen molar-refractivity contribution in [3.05, 3.63) is 76.0 Å². The van der Waals surface area contributed by atoms with Gasteiger partial charge < -0.3 is 10.1 Å². The van der Waals surface area contributed by atoms with Gasteiger partial charge in [-0.3, -0.25) is 9.59 Å². The van der Waals surface area contributed by atoms with Gasteiger partial charge in [0.25, 0.3) is 0 Å². The van der Waals surface area contributed by atoms with Gasteiger partial charge in [0.05, 0.1) is 7.11 Å². The zero-order chi connectivity index (χ0) is 19.0. The molecule has 2 atom stereocenters. The van der Waals surface area contributed by atoms with Crippen molar-refractivity contribution in [3.63, 3.8) is 0 Å². The first-order valence-corrected chi connectivity index (χ1v) is 9.39. The van der Waals surface area contributed by atoms with Crippen LogP contribution < -0.4 is 10.1 Å². The number of nitrogens with one attached hydrogen (secondary N) is 1. The molecule has 138 valence electrons. The van der Waals surface area contributed by atoms with Crippen LogP contribution in [0.4, 0.5) is 0 Å². The molecule has 1 amide bonds. The molecule has 1 aliphatic carbocycles. The van der Waals surface area contributed by atoms with Crippen LogP contribution in [0.1, 0.15) is 42.2 Å². The molecule has 2 aromatic carbocycles. The van der Waals surface area contributed by atoms with Gasteiger partial charge in [0.2, 0.25) is 5.91 Å². The number of allylic oxidation sites excluding steroid dienone is 2. The molecule has 4 rings (SSSR count). The van der Waals surface area contributed by atoms with E-state index in [0.29, 0.717) is 29.2 Å². The molecule has 1 heterocycles. The Morgan fingerprint density at radius 3 is 2.41 bits per heavy atom. The van der Waals surface area contributed by atoms with Gasteiger partial charge in [0.15, 0.2) is 5.78 Å². The number of rotatable bonds is 3. The summed E-state index contributed by atoms with van der Waals surface area (Å²) in [5, 5.41) is 3.60. The normalized spacial score (nSPS) is 22.3. The molecular formula is C22H20ClNO3. The van der Waals surface area contributed by atoms with Crippen molar-refractivity contribution < 1.29 is 14.3 Å². The number of halogens is 1. The molecule has 0 spiro atoms. The van der Waals surface area contributed by atoms with Crippen LogP contribution in [0.2, 0.25) is 5.02 Å². The summed E-state index contributed by atoms with van der Waals surface area (Å²) in [5.41, 5.74) is 3.27. The highest BCUT2D eigenvalue weighted by atomic mass is 35.5. The van der Waals surface area contributed by atoms with Gasteiger partial charge in [0.1, 0.15) is 5.75 Å². The highest BCUT2D eigenvalue weighted by Gasteiger charge is 2.39. The van der Waals surface area contributed by atoms with Gasteiger partial charge >= 0.3 is 0 Å². The van der Waals surface area contributed by atoms with Crippen LogP contribution in [0, 0.1) is 0 Å². The van der Waals surface area contributed by atoms with Gasteiger partial charge in [-0.25, -0.2) is 0 Å². The fourth-order valence-electron chi connectivity index (χ4n) is 4.21. The summed E-state index contributed by atoms with van der Waals surface area (Å²) in [6.07, 6.45) is 1.24. The number of amides is 1. The first kappa shape index (κ1) is 17.8. The Morgan fingerprint density at radius 1 is 0.963 bits per heavy atom. The second-order valence-corrected chi connectivity index (χ2v) is 7.40. The van der Waals surface area contributed by atoms with Crippen molar-refractivity contribution in [2.24, 2.45) is 0 Å². The maximum Gasteiger partial charge on any atom is 0.225 e. The number of para-hydroxylation sites is 1. The standard InChI is InChI=1S/C22H20ClNO3/c1-27-20-9-5-3-7-15(20)16-12-21(26)24-18-10-13(11-19(25)22(16)18)14-6-2-4-8-17(14)23/h2-9,13,16H,10-12H2,1H3,(H,24,26)/t13-,16-/m0/s1. The summed E-state index contributed by atoms with van der Waals surface area (Å²) >= 11 is 6.34. The molecule has 2 aliphatic rings. The largest absolute Gasteiger partial charge is 0.496 e. The second kappa shape index (κ2) is 7.20. The van der Waals surface area contributed by atoms with Gasteiger partial charge in [0, 0.05) is 40.6 Å². The van der Waals surface area contributed by atoms with Crippen molar-refractivity contribution in [1.29, 1.82) is 0 Å². The molecule has 1 N–H and O–H groups in total. The average molecular weight is 382 g/mol. The number of hydrogen-bond donors (Lipinski definition) is 1. The quantitative estimate of drug-likeness (QED) is 0.859. The van der Waals surface area contributed by atoms with Crippen LogP contribution in [0.15, 0.2) is 59.8 Å². The zero-order valence-electron chi connectivity index (χ0n) is 15.0. The van der Waals surface area contributed by atoms with Crippen molar-refractivity contribution in [2.75, 3.05) is 7.11 Å². The highest BCUT2D eigenvalue weighted by molar-refractivity contribution is 6.31. The van der Waals surface area contributed by atoms with Crippen molar-refractivity contribution >= 4 is 23.3 Å². The van der Waals surface area contributed by atoms with E-state index in [9.17, 15) is 9.59 Å². The third-order valence-electron chi connectivity index (χ3n) is 5.40. The Balaban J connectivity index is 1.76. The minimum Gasteiger partial charge on any atom is -0.496 e. The summed E-state index contributed by atoms with van der Waals surface area (Å²) in [4.78, 5) is 25.5. The molecule has 0 fully saturated rings. The van der Waals surface area contributed by atoms with Crippen LogP contribution >= 0.6 is 11.6 Å². The van der Waals surface area contributed by atoms with Crippen molar-refractivity contribution in [2.45, 2.75) is 31.1 Å². The highest BCUT2D eigenvalue weighted by Crippen LogP contribution is 2.45. The number of hydrogen-bond acceptors (Lipinski definition) is 3. The van der Waals surface area contributed by atoms with E-state index < -0.39 is 0 Å². The predicted molar refractivity (Wildman–Crippen MR) is 104 cm³/mol. The summed E-state index contributed by atoms with van der Waals surface area (Å²) in [6, 6.07) is 15.2. The molecule has 0 radical (unpaired) electrons. The predicted octanol–water partition coefficient (Wildman–Crippen LogP) is 4.35. The maximum absolute atomic E-state index is 13.1. The van der Waals surface area contributed by atoms with Crippen LogP contribution in [0.5, 0.6) is 5.75 Å². The summed E-state index contributed by atoms with van der Waals surface area (Å²) < 4.78 is 5.47. The molecule has 4 nitrogen and oxygen atoms in total. The maximum atomic E-state index is 13.1. The SMILES string of the molecule is COc1ccccc1[C@@H]1CC(=O)NC2=C1C(=O)C[C@@H](c1ccccc1Cl)C2. The Kier molecular flexibility index (Phi) is 4.75. The smallest absolute Gasteiger partial charge is 0.225 e. The van der Waals surface area contributed by atoms with E-state index in [4.69, 9.17) is 16.3 Å². The van der Waals surface area contributed by atoms with Crippen LogP contribution in [0.25, 0.3) is 0 Å². The topological polar surface area (TPSA) is 55.4 Å². The third-order valence-corrected chi connectivity index (χ3v) is 5.74. The van der Waals surface area contributed by atoms with E-state index in [1.165, 1.54) is 0 Å². The number of carbonyl (C=O) groups excluding carboxylic acids is 2. The number of ether oxygens (including phenoxy) is 1. The Bertz CT molecular complexity index is 950. The number of Topliss-reactive ketones (excluding diaryl/α,β-unsaturated/α-hetero) is 1. The second-order valence-electron chi connectivity index (χ2n) is 6.99. The lowest BCUT2D eigenvalue weighted by atomic mass is 9.73. The minimum absolute atomic E-state index is 0.0262. The van der Waals surface area contributed by atoms with Gasteiger partial charge in [-0.1, -0.05) is 48.0 Å². The molecule has 0 unspecified atom stereocenters. The zero-order valence-corrected chi connectivity index (χ0v) is 15.8. The minimum atomic E-state index is -0.274. The fourth-order valence-corrected chi connectivity index (χ4v) is 4.50. The third kappa shape index (κ3) is 3.26. The summed E-state index contributed by atoms with van der Waals surface area (Å²) in [7, 11) is 1.60. The lowest BCUT2D eigenvalue weighted by molar-refractivity contribution is -0.122. The molecule has 2 aromatic rings. The van der Waals surface area contributed by atoms with Gasteiger partial charge in [-0.15, -0.1) is 0 Å². The molecule has 27 heavy (non-hydrogen) atoms. The average Bonchev–Trinajstić information content (AvgIpc) is 2.67. The lowest BCUT2D eigenvalue weighted by Gasteiger charge is -2.35. The molecule has 0 saturated heterocycles. The van der Waals surface area contributed by atoms with Crippen LogP contribution in [-0.4, -0.2) is 18.8 Å².